The smallest absolute Gasteiger partial charge is 0.309 e. The summed E-state index contributed by atoms with van der Waals surface area (Å²) in [5.41, 5.74) is 2.71. The molecule has 4 heterocycles. The van der Waals surface area contributed by atoms with Gasteiger partial charge in [-0.15, -0.1) is 12.0 Å². The van der Waals surface area contributed by atoms with Crippen LogP contribution in [0.15, 0.2) is 24.5 Å². The van der Waals surface area contributed by atoms with Crippen molar-refractivity contribution in [3.05, 3.63) is 47.5 Å². The van der Waals surface area contributed by atoms with Gasteiger partial charge < -0.3 is 10.2 Å². The van der Waals surface area contributed by atoms with E-state index in [1.807, 2.05) is 19.9 Å². The summed E-state index contributed by atoms with van der Waals surface area (Å²) in [6.45, 7) is 4.28. The van der Waals surface area contributed by atoms with Crippen LogP contribution in [0.3, 0.4) is 0 Å². The standard InChI is InChI=1S/C17H16F2N7O.U/c1-3-10-5-14-20-7-13-15(26(14)24-10)9(2)8-25(13)17(27)22-11-4-12(16(18)19)23-21-6-11;/h4-7,16H,3,8H2,1-2H3,(H,22,23,27);/q-1;. The summed E-state index contributed by atoms with van der Waals surface area (Å²) < 4.78 is 27.3. The van der Waals surface area contributed by atoms with Gasteiger partial charge in [-0.05, 0) is 25.2 Å². The monoisotopic (exact) mass is 610 g/mol. The Hall–Kier alpha value is -2.25. The van der Waals surface area contributed by atoms with Crippen molar-refractivity contribution >= 4 is 23.1 Å². The molecule has 0 fully saturated rings. The molecule has 11 heteroatoms. The largest absolute Gasteiger partial charge is 0.381 e. The Morgan fingerprint density at radius 1 is 1.36 bits per heavy atom. The van der Waals surface area contributed by atoms with Crippen LogP contribution in [0.25, 0.3) is 5.65 Å². The van der Waals surface area contributed by atoms with Gasteiger partial charge in [0.1, 0.15) is 5.69 Å². The summed E-state index contributed by atoms with van der Waals surface area (Å²) >= 11 is 0. The number of fused-ring (bicyclic) bond motifs is 3. The Labute approximate surface area is 183 Å². The number of carbonyl (C=O) groups is 1. The molecule has 0 aromatic carbocycles. The summed E-state index contributed by atoms with van der Waals surface area (Å²) in [4.78, 5) is 18.6. The van der Waals surface area contributed by atoms with E-state index in [4.69, 9.17) is 0 Å². The van der Waals surface area contributed by atoms with Crippen LogP contribution in [-0.2, 0) is 6.42 Å². The average molecular weight is 610 g/mol. The van der Waals surface area contributed by atoms with Gasteiger partial charge >= 0.3 is 6.03 Å². The molecule has 3 aromatic rings. The third kappa shape index (κ3) is 3.56. The molecule has 0 atom stereocenters. The molecule has 0 spiro atoms. The van der Waals surface area contributed by atoms with Crippen LogP contribution in [0.1, 0.15) is 37.4 Å². The zero-order valence-electron chi connectivity index (χ0n) is 15.1. The molecule has 4 rings (SSSR count). The second-order valence-electron chi connectivity index (χ2n) is 6.22. The number of aryl methyl sites for hydroxylation is 1. The van der Waals surface area contributed by atoms with E-state index >= 15 is 0 Å². The summed E-state index contributed by atoms with van der Waals surface area (Å²) in [6.07, 6.45) is 0.863. The number of amides is 2. The first-order valence-electron chi connectivity index (χ1n) is 8.37. The molecule has 2 amide bonds. The maximum absolute atomic E-state index is 12.8. The van der Waals surface area contributed by atoms with Gasteiger partial charge in [0.2, 0.25) is 0 Å². The van der Waals surface area contributed by atoms with Crippen molar-refractivity contribution in [3.63, 3.8) is 0 Å². The zero-order chi connectivity index (χ0) is 19.1. The maximum Gasteiger partial charge on any atom is 0.309 e. The minimum Gasteiger partial charge on any atom is -0.381 e. The van der Waals surface area contributed by atoms with E-state index in [0.717, 1.165) is 29.8 Å². The number of nitrogens with one attached hydrogen (secondary N) is 1. The van der Waals surface area contributed by atoms with E-state index in [1.54, 1.807) is 10.7 Å². The van der Waals surface area contributed by atoms with E-state index in [0.29, 0.717) is 17.9 Å². The Morgan fingerprint density at radius 2 is 2.14 bits per heavy atom. The molecule has 0 radical (unpaired) electrons. The quantitative estimate of drug-likeness (QED) is 0.461. The molecule has 1 aliphatic heterocycles. The fourth-order valence-corrected chi connectivity index (χ4v) is 3.07. The number of alkyl halides is 2. The van der Waals surface area contributed by atoms with E-state index in [9.17, 15) is 13.6 Å². The van der Waals surface area contributed by atoms with Crippen molar-refractivity contribution in [2.24, 2.45) is 0 Å². The van der Waals surface area contributed by atoms with E-state index in [1.165, 1.54) is 11.1 Å². The Bertz CT molecular complexity index is 1030. The first kappa shape index (κ1) is 20.5. The Balaban J connectivity index is 0.00000225. The molecule has 3 aromatic heterocycles. The maximum atomic E-state index is 12.8. The Morgan fingerprint density at radius 3 is 2.86 bits per heavy atom. The molecule has 0 bridgehead atoms. The van der Waals surface area contributed by atoms with Gasteiger partial charge in [-0.25, -0.2) is 18.1 Å². The van der Waals surface area contributed by atoms with Crippen LogP contribution in [0.2, 0.25) is 0 Å². The van der Waals surface area contributed by atoms with Crippen molar-refractivity contribution in [2.45, 2.75) is 26.7 Å². The van der Waals surface area contributed by atoms with Gasteiger partial charge in [0, 0.05) is 37.2 Å². The SMILES string of the molecule is CCc1cc2ncc3c(n2n1)[C-](C)CN3C(=O)Nc1cnnc(C(F)F)c1.[U]. The van der Waals surface area contributed by atoms with Crippen molar-refractivity contribution in [1.29, 1.82) is 0 Å². The number of anilines is 2. The van der Waals surface area contributed by atoms with Crippen LogP contribution in [0.5, 0.6) is 0 Å². The Kier molecular flexibility index (Phi) is 5.86. The zero-order valence-corrected chi connectivity index (χ0v) is 19.3. The fourth-order valence-electron chi connectivity index (χ4n) is 3.07. The normalized spacial score (nSPS) is 13.0. The number of hydrogen-bond donors (Lipinski definition) is 1. The molecule has 1 aliphatic rings. The summed E-state index contributed by atoms with van der Waals surface area (Å²) in [6, 6.07) is 2.54. The molecule has 1 N–H and O–H groups in total. The molecular weight excluding hydrogens is 594 g/mol. The van der Waals surface area contributed by atoms with Gasteiger partial charge in [0.25, 0.3) is 6.43 Å². The molecule has 0 unspecified atom stereocenters. The minimum atomic E-state index is -2.76. The second kappa shape index (κ2) is 8.01. The van der Waals surface area contributed by atoms with Gasteiger partial charge in [0.15, 0.2) is 5.65 Å². The van der Waals surface area contributed by atoms with Crippen molar-refractivity contribution < 1.29 is 44.7 Å². The predicted octanol–water partition coefficient (Wildman–Crippen LogP) is 3.01. The summed E-state index contributed by atoms with van der Waals surface area (Å²) in [5, 5.41) is 14.0. The first-order chi connectivity index (χ1) is 13.0. The number of urea groups is 1. The fraction of sp³-hybridized carbons (Fsp3) is 0.294. The van der Waals surface area contributed by atoms with Crippen molar-refractivity contribution in [3.8, 4) is 0 Å². The van der Waals surface area contributed by atoms with E-state index in [-0.39, 0.29) is 36.8 Å². The van der Waals surface area contributed by atoms with Crippen LogP contribution in [-0.4, -0.2) is 37.4 Å². The molecule has 144 valence electrons. The number of rotatable bonds is 3. The second-order valence-corrected chi connectivity index (χ2v) is 6.22. The number of hydrogen-bond acceptors (Lipinski definition) is 5. The number of carbonyl (C=O) groups excluding carboxylic acids is 1. The van der Waals surface area contributed by atoms with Gasteiger partial charge in [-0.3, -0.25) is 4.98 Å². The molecular formula is C17H16F2N7OU-. The van der Waals surface area contributed by atoms with Crippen LogP contribution >= 0.6 is 0 Å². The topological polar surface area (TPSA) is 88.3 Å². The molecule has 0 saturated carbocycles. The third-order valence-electron chi connectivity index (χ3n) is 4.36. The van der Waals surface area contributed by atoms with E-state index in [2.05, 4.69) is 25.6 Å². The summed E-state index contributed by atoms with van der Waals surface area (Å²) in [5.74, 6) is 0.958. The predicted molar refractivity (Wildman–Crippen MR) is 93.7 cm³/mol. The molecule has 0 aliphatic carbocycles. The van der Waals surface area contributed by atoms with Gasteiger partial charge in [0.05, 0.1) is 17.6 Å². The average Bonchev–Trinajstić information content (AvgIpc) is 3.22. The van der Waals surface area contributed by atoms with Crippen LogP contribution in [0.4, 0.5) is 25.0 Å². The van der Waals surface area contributed by atoms with Crippen molar-refractivity contribution in [1.82, 2.24) is 24.8 Å². The third-order valence-corrected chi connectivity index (χ3v) is 4.36. The number of nitrogens with zero attached hydrogens (tertiary/aromatic N) is 6. The molecule has 0 saturated heterocycles. The van der Waals surface area contributed by atoms with Crippen LogP contribution < -0.4 is 10.2 Å². The van der Waals surface area contributed by atoms with Gasteiger partial charge in [-0.2, -0.15) is 16.1 Å². The van der Waals surface area contributed by atoms with Crippen molar-refractivity contribution in [2.75, 3.05) is 16.8 Å². The van der Waals surface area contributed by atoms with Gasteiger partial charge in [-0.1, -0.05) is 18.3 Å². The number of halogens is 2. The first-order valence-corrected chi connectivity index (χ1v) is 8.37. The van der Waals surface area contributed by atoms with E-state index < -0.39 is 18.2 Å². The number of aromatic nitrogens is 5. The van der Waals surface area contributed by atoms with Crippen LogP contribution in [0, 0.1) is 37.0 Å². The molecule has 8 nitrogen and oxygen atoms in total. The molecule has 28 heavy (non-hydrogen) atoms. The summed E-state index contributed by atoms with van der Waals surface area (Å²) in [7, 11) is 0. The minimum absolute atomic E-state index is 0.